The van der Waals surface area contributed by atoms with Gasteiger partial charge in [0.25, 0.3) is 0 Å². The van der Waals surface area contributed by atoms with Crippen LogP contribution in [-0.4, -0.2) is 19.2 Å². The van der Waals surface area contributed by atoms with Gasteiger partial charge in [0.1, 0.15) is 0 Å². The summed E-state index contributed by atoms with van der Waals surface area (Å²) in [5.41, 5.74) is -0.294. The number of allylic oxidation sites excluding steroid dienone is 2. The van der Waals surface area contributed by atoms with Crippen molar-refractivity contribution in [2.75, 3.05) is 13.2 Å². The Labute approximate surface area is 239 Å². The number of hydrogen-bond donors (Lipinski definition) is 0. The monoisotopic (exact) mass is 592 g/mol. The molecular formula is C32H30F6O4. The molecule has 42 heavy (non-hydrogen) atoms. The van der Waals surface area contributed by atoms with Crippen LogP contribution in [0.25, 0.3) is 5.57 Å². The zero-order chi connectivity index (χ0) is 30.4. The van der Waals surface area contributed by atoms with Gasteiger partial charge in [-0.25, -0.2) is 18.0 Å². The fourth-order valence-electron chi connectivity index (χ4n) is 4.84. The van der Waals surface area contributed by atoms with E-state index >= 15 is 4.39 Å². The molecule has 10 heteroatoms. The maximum absolute atomic E-state index is 15.0. The van der Waals surface area contributed by atoms with E-state index < -0.39 is 52.2 Å². The van der Waals surface area contributed by atoms with Gasteiger partial charge in [0.05, 0.1) is 18.8 Å². The molecule has 0 fully saturated rings. The summed E-state index contributed by atoms with van der Waals surface area (Å²) in [4.78, 5) is 12.5. The van der Waals surface area contributed by atoms with Gasteiger partial charge in [0.15, 0.2) is 34.7 Å². The van der Waals surface area contributed by atoms with Crippen molar-refractivity contribution in [3.8, 4) is 17.2 Å². The molecule has 3 aromatic carbocycles. The van der Waals surface area contributed by atoms with E-state index in [0.717, 1.165) is 31.0 Å². The third kappa shape index (κ3) is 6.58. The first-order valence-electron chi connectivity index (χ1n) is 13.8. The van der Waals surface area contributed by atoms with Crippen molar-refractivity contribution in [2.24, 2.45) is 0 Å². The van der Waals surface area contributed by atoms with Crippen molar-refractivity contribution in [2.45, 2.75) is 58.3 Å². The molecule has 0 N–H and O–H groups in total. The zero-order valence-corrected chi connectivity index (χ0v) is 23.2. The van der Waals surface area contributed by atoms with E-state index in [1.54, 1.807) is 13.0 Å². The van der Waals surface area contributed by atoms with E-state index in [1.165, 1.54) is 18.2 Å². The van der Waals surface area contributed by atoms with Crippen LogP contribution in [0.2, 0.25) is 0 Å². The van der Waals surface area contributed by atoms with Gasteiger partial charge in [-0.15, -0.1) is 0 Å². The third-order valence-electron chi connectivity index (χ3n) is 7.10. The first-order valence-corrected chi connectivity index (χ1v) is 13.8. The van der Waals surface area contributed by atoms with E-state index in [0.29, 0.717) is 18.4 Å². The van der Waals surface area contributed by atoms with Crippen LogP contribution in [-0.2, 0) is 0 Å². The summed E-state index contributed by atoms with van der Waals surface area (Å²) in [7, 11) is 0. The second kappa shape index (κ2) is 13.8. The number of benzene rings is 3. The summed E-state index contributed by atoms with van der Waals surface area (Å²) in [6.45, 7) is 3.98. The van der Waals surface area contributed by atoms with Crippen LogP contribution in [0.3, 0.4) is 0 Å². The number of halogens is 6. The Balaban J connectivity index is 1.46. The summed E-state index contributed by atoms with van der Waals surface area (Å²) in [6, 6.07) is 7.05. The van der Waals surface area contributed by atoms with Crippen LogP contribution < -0.4 is 14.2 Å². The number of rotatable bonds is 11. The highest BCUT2D eigenvalue weighted by Crippen LogP contribution is 2.40. The molecule has 0 spiro atoms. The van der Waals surface area contributed by atoms with Gasteiger partial charge < -0.3 is 14.2 Å². The highest BCUT2D eigenvalue weighted by Gasteiger charge is 2.27. The van der Waals surface area contributed by atoms with E-state index in [1.807, 2.05) is 6.92 Å². The van der Waals surface area contributed by atoms with Crippen molar-refractivity contribution >= 4 is 11.5 Å². The zero-order valence-electron chi connectivity index (χ0n) is 23.2. The number of unbranched alkanes of at least 4 members (excludes halogenated alkanes) is 2. The lowest BCUT2D eigenvalue weighted by Crippen LogP contribution is -2.14. The van der Waals surface area contributed by atoms with E-state index in [-0.39, 0.29) is 54.6 Å². The Bertz CT molecular complexity index is 1490. The van der Waals surface area contributed by atoms with Crippen LogP contribution in [0.5, 0.6) is 17.2 Å². The second-order valence-electron chi connectivity index (χ2n) is 9.84. The molecule has 1 atom stereocenters. The average molecular weight is 593 g/mol. The predicted molar refractivity (Wildman–Crippen MR) is 145 cm³/mol. The molecule has 224 valence electrons. The topological polar surface area (TPSA) is 44.8 Å². The molecule has 0 aliphatic heterocycles. The van der Waals surface area contributed by atoms with Gasteiger partial charge in [0.2, 0.25) is 17.5 Å². The van der Waals surface area contributed by atoms with Gasteiger partial charge in [-0.2, -0.15) is 13.2 Å². The van der Waals surface area contributed by atoms with Gasteiger partial charge in [-0.05, 0) is 80.0 Å². The first-order chi connectivity index (χ1) is 20.2. The largest absolute Gasteiger partial charge is 0.491 e. The average Bonchev–Trinajstić information content (AvgIpc) is 2.98. The summed E-state index contributed by atoms with van der Waals surface area (Å²) < 4.78 is 103. The van der Waals surface area contributed by atoms with E-state index in [2.05, 4.69) is 0 Å². The Morgan fingerprint density at radius 2 is 1.43 bits per heavy atom. The van der Waals surface area contributed by atoms with Gasteiger partial charge in [0, 0.05) is 5.56 Å². The van der Waals surface area contributed by atoms with E-state index in [4.69, 9.17) is 14.2 Å². The molecule has 1 unspecified atom stereocenters. The van der Waals surface area contributed by atoms with Crippen molar-refractivity contribution in [1.29, 1.82) is 0 Å². The molecule has 0 amide bonds. The first kappa shape index (κ1) is 31.0. The number of esters is 1. The van der Waals surface area contributed by atoms with Crippen molar-refractivity contribution < 1.29 is 45.3 Å². The number of carbonyl (C=O) groups excluding carboxylic acids is 1. The molecule has 0 bridgehead atoms. The summed E-state index contributed by atoms with van der Waals surface area (Å²) in [6.07, 6.45) is 4.85. The third-order valence-corrected chi connectivity index (χ3v) is 7.10. The SMILES string of the molecule is CCCCCOc1ccc(C(=O)Oc2ccc(C3=CCC(c4ccc(OCC)c(F)c4F)CC3)c(F)c2F)c(F)c1F. The molecular weight excluding hydrogens is 562 g/mol. The number of hydrogen-bond acceptors (Lipinski definition) is 4. The van der Waals surface area contributed by atoms with Gasteiger partial charge in [-0.3, -0.25) is 0 Å². The summed E-state index contributed by atoms with van der Waals surface area (Å²) in [5.74, 6) is -10.9. The molecule has 4 rings (SSSR count). The molecule has 1 aliphatic carbocycles. The van der Waals surface area contributed by atoms with Crippen molar-refractivity contribution in [1.82, 2.24) is 0 Å². The Hall–Kier alpha value is -3.95. The molecule has 0 saturated carbocycles. The molecule has 3 aromatic rings. The minimum atomic E-state index is -1.53. The van der Waals surface area contributed by atoms with Crippen LogP contribution in [0.1, 0.15) is 79.8 Å². The number of carbonyl (C=O) groups is 1. The lowest BCUT2D eigenvalue weighted by atomic mass is 9.82. The van der Waals surface area contributed by atoms with Crippen LogP contribution >= 0.6 is 0 Å². The maximum Gasteiger partial charge on any atom is 0.346 e. The molecule has 1 aliphatic rings. The minimum Gasteiger partial charge on any atom is -0.491 e. The lowest BCUT2D eigenvalue weighted by Gasteiger charge is -2.24. The fraction of sp³-hybridized carbons (Fsp3) is 0.344. The molecule has 0 saturated heterocycles. The highest BCUT2D eigenvalue weighted by atomic mass is 19.2. The van der Waals surface area contributed by atoms with Crippen LogP contribution in [0.15, 0.2) is 42.5 Å². The van der Waals surface area contributed by atoms with E-state index in [9.17, 15) is 26.7 Å². The molecule has 0 aromatic heterocycles. The van der Waals surface area contributed by atoms with Gasteiger partial charge in [-0.1, -0.05) is 31.9 Å². The van der Waals surface area contributed by atoms with Gasteiger partial charge >= 0.3 is 5.97 Å². The molecule has 0 radical (unpaired) electrons. The standard InChI is InChI=1S/C32H30F6O4/c1-3-5-6-17-41-24-15-13-22(28(35)30(24)37)32(39)42-25-16-12-21(27(34)31(25)38)19-9-7-18(8-10-19)20-11-14-23(40-4-2)29(36)26(20)33/h9,11-16,18H,3-8,10,17H2,1-2H3. The van der Waals surface area contributed by atoms with Crippen LogP contribution in [0, 0.1) is 34.9 Å². The second-order valence-corrected chi connectivity index (χ2v) is 9.84. The summed E-state index contributed by atoms with van der Waals surface area (Å²) in [5, 5.41) is 0. The quantitative estimate of drug-likeness (QED) is 0.0965. The predicted octanol–water partition coefficient (Wildman–Crippen LogP) is 9.06. The fourth-order valence-corrected chi connectivity index (χ4v) is 4.84. The van der Waals surface area contributed by atoms with Crippen molar-refractivity contribution in [3.05, 3.63) is 94.1 Å². The highest BCUT2D eigenvalue weighted by molar-refractivity contribution is 5.91. The van der Waals surface area contributed by atoms with Crippen LogP contribution in [0.4, 0.5) is 26.3 Å². The Morgan fingerprint density at radius 1 is 0.762 bits per heavy atom. The lowest BCUT2D eigenvalue weighted by molar-refractivity contribution is 0.0720. The van der Waals surface area contributed by atoms with Crippen molar-refractivity contribution in [3.63, 3.8) is 0 Å². The molecule has 0 heterocycles. The number of ether oxygens (including phenoxy) is 3. The smallest absolute Gasteiger partial charge is 0.346 e. The Morgan fingerprint density at radius 3 is 2.12 bits per heavy atom. The molecule has 4 nitrogen and oxygen atoms in total. The normalized spacial score (nSPS) is 14.9. The Kier molecular flexibility index (Phi) is 10.2. The summed E-state index contributed by atoms with van der Waals surface area (Å²) >= 11 is 0. The minimum absolute atomic E-state index is 0.0918. The maximum atomic E-state index is 15.0.